The first kappa shape index (κ1) is 19.6. The Balaban J connectivity index is 2.11. The highest BCUT2D eigenvalue weighted by molar-refractivity contribution is 6.32. The second-order valence-corrected chi connectivity index (χ2v) is 5.91. The fourth-order valence-electron chi connectivity index (χ4n) is 2.70. The minimum absolute atomic E-state index is 0.367. The molecule has 1 unspecified atom stereocenters. The number of rotatable bonds is 8. The van der Waals surface area contributed by atoms with Gasteiger partial charge in [-0.3, -0.25) is 19.9 Å². The molecular formula is C18H25N4O4+. The summed E-state index contributed by atoms with van der Waals surface area (Å²) in [6.07, 6.45) is 1.34. The van der Waals surface area contributed by atoms with Gasteiger partial charge in [0.15, 0.2) is 5.92 Å². The van der Waals surface area contributed by atoms with E-state index in [-0.39, 0.29) is 0 Å². The summed E-state index contributed by atoms with van der Waals surface area (Å²) in [4.78, 5) is 43.4. The first-order valence-corrected chi connectivity index (χ1v) is 8.68. The van der Waals surface area contributed by atoms with E-state index >= 15 is 0 Å². The van der Waals surface area contributed by atoms with Crippen LogP contribution in [0.15, 0.2) is 29.3 Å². The van der Waals surface area contributed by atoms with Gasteiger partial charge in [0.2, 0.25) is 5.91 Å². The zero-order valence-electron chi connectivity index (χ0n) is 15.3. The standard InChI is InChI=1S/C18H24N4O4/c1-4-21(5-2)11-10-19-12-15-16(23)20-18(25)22(17(15)24)13-6-8-14(26-3)9-7-13/h6-9,12,15H,4-5,10-11H2,1-3H3,(H,20,23,25)/p+1. The van der Waals surface area contributed by atoms with Crippen LogP contribution in [0.5, 0.6) is 5.75 Å². The molecule has 140 valence electrons. The lowest BCUT2D eigenvalue weighted by molar-refractivity contribution is -0.894. The third-order valence-electron chi connectivity index (χ3n) is 4.38. The van der Waals surface area contributed by atoms with Gasteiger partial charge in [-0.05, 0) is 38.1 Å². The molecule has 1 saturated heterocycles. The Morgan fingerprint density at radius 1 is 1.19 bits per heavy atom. The quantitative estimate of drug-likeness (QED) is 0.499. The fourth-order valence-corrected chi connectivity index (χ4v) is 2.70. The van der Waals surface area contributed by atoms with Crippen LogP contribution < -0.4 is 19.9 Å². The molecular weight excluding hydrogens is 336 g/mol. The van der Waals surface area contributed by atoms with Crippen LogP contribution in [0.1, 0.15) is 13.8 Å². The number of barbiturate groups is 1. The van der Waals surface area contributed by atoms with E-state index in [1.54, 1.807) is 24.3 Å². The highest BCUT2D eigenvalue weighted by Crippen LogP contribution is 2.22. The summed E-state index contributed by atoms with van der Waals surface area (Å²) < 4.78 is 5.07. The number of urea groups is 1. The SMILES string of the molecule is CC[NH+](CC)CCN=CC1C(=O)NC(=O)N(c2ccc(OC)cc2)C1=O. The number of ether oxygens (including phenoxy) is 1. The van der Waals surface area contributed by atoms with Crippen molar-refractivity contribution < 1.29 is 24.0 Å². The number of hydrogen-bond acceptors (Lipinski definition) is 5. The van der Waals surface area contributed by atoms with E-state index in [2.05, 4.69) is 24.2 Å². The Hall–Kier alpha value is -2.74. The van der Waals surface area contributed by atoms with E-state index < -0.39 is 23.8 Å². The van der Waals surface area contributed by atoms with Crippen molar-refractivity contribution in [1.82, 2.24) is 5.32 Å². The molecule has 1 heterocycles. The highest BCUT2D eigenvalue weighted by Gasteiger charge is 2.40. The van der Waals surface area contributed by atoms with E-state index in [1.807, 2.05) is 0 Å². The van der Waals surface area contributed by atoms with Crippen LogP contribution in [0.4, 0.5) is 10.5 Å². The van der Waals surface area contributed by atoms with Gasteiger partial charge < -0.3 is 9.64 Å². The molecule has 4 amide bonds. The first-order valence-electron chi connectivity index (χ1n) is 8.68. The lowest BCUT2D eigenvalue weighted by Gasteiger charge is -2.28. The van der Waals surface area contributed by atoms with Crippen molar-refractivity contribution in [2.24, 2.45) is 10.9 Å². The maximum Gasteiger partial charge on any atom is 0.335 e. The molecule has 0 aromatic heterocycles. The Kier molecular flexibility index (Phi) is 6.85. The number of amides is 4. The summed E-state index contributed by atoms with van der Waals surface area (Å²) >= 11 is 0. The molecule has 1 aromatic rings. The average molecular weight is 361 g/mol. The number of benzene rings is 1. The van der Waals surface area contributed by atoms with Gasteiger partial charge in [-0.15, -0.1) is 0 Å². The number of likely N-dealkylation sites (N-methyl/N-ethyl adjacent to an activating group) is 1. The molecule has 1 fully saturated rings. The van der Waals surface area contributed by atoms with E-state index in [4.69, 9.17) is 4.74 Å². The summed E-state index contributed by atoms with van der Waals surface area (Å²) in [6, 6.07) is 5.70. The predicted octanol–water partition coefficient (Wildman–Crippen LogP) is -0.110. The van der Waals surface area contributed by atoms with Crippen LogP contribution in [0.2, 0.25) is 0 Å². The Bertz CT molecular complexity index is 683. The maximum absolute atomic E-state index is 12.7. The molecule has 1 atom stereocenters. The van der Waals surface area contributed by atoms with E-state index in [9.17, 15) is 14.4 Å². The summed E-state index contributed by atoms with van der Waals surface area (Å²) in [5.41, 5.74) is 0.367. The second-order valence-electron chi connectivity index (χ2n) is 5.91. The molecule has 0 aliphatic carbocycles. The topological polar surface area (TPSA) is 92.5 Å². The summed E-state index contributed by atoms with van der Waals surface area (Å²) in [5, 5.41) is 2.21. The average Bonchev–Trinajstić information content (AvgIpc) is 2.64. The van der Waals surface area contributed by atoms with Gasteiger partial charge in [0.1, 0.15) is 5.75 Å². The predicted molar refractivity (Wildman–Crippen MR) is 97.8 cm³/mol. The van der Waals surface area contributed by atoms with Crippen molar-refractivity contribution in [1.29, 1.82) is 0 Å². The van der Waals surface area contributed by atoms with Gasteiger partial charge in [0.25, 0.3) is 5.91 Å². The minimum Gasteiger partial charge on any atom is -0.497 e. The van der Waals surface area contributed by atoms with Gasteiger partial charge in [-0.2, -0.15) is 0 Å². The summed E-state index contributed by atoms with van der Waals surface area (Å²) in [7, 11) is 1.53. The number of nitrogens with zero attached hydrogens (tertiary/aromatic N) is 2. The van der Waals surface area contributed by atoms with Crippen molar-refractivity contribution in [2.75, 3.05) is 38.2 Å². The number of anilines is 1. The molecule has 2 N–H and O–H groups in total. The van der Waals surface area contributed by atoms with Crippen LogP contribution >= 0.6 is 0 Å². The number of carbonyl (C=O) groups is 3. The highest BCUT2D eigenvalue weighted by atomic mass is 16.5. The molecule has 26 heavy (non-hydrogen) atoms. The number of aliphatic imine (C=N–C) groups is 1. The van der Waals surface area contributed by atoms with Gasteiger partial charge in [-0.1, -0.05) is 0 Å². The second kappa shape index (κ2) is 9.10. The Labute approximate surface area is 152 Å². The minimum atomic E-state index is -1.11. The summed E-state index contributed by atoms with van der Waals surface area (Å²) in [6.45, 7) is 7.53. The smallest absolute Gasteiger partial charge is 0.335 e. The maximum atomic E-state index is 12.7. The number of imide groups is 2. The van der Waals surface area contributed by atoms with E-state index in [1.165, 1.54) is 18.2 Å². The Morgan fingerprint density at radius 2 is 1.85 bits per heavy atom. The van der Waals surface area contributed by atoms with Crippen molar-refractivity contribution in [3.8, 4) is 5.75 Å². The summed E-state index contributed by atoms with van der Waals surface area (Å²) in [5.74, 6) is -1.76. The first-order chi connectivity index (χ1) is 12.5. The number of quaternary nitrogens is 1. The largest absolute Gasteiger partial charge is 0.497 e. The third kappa shape index (κ3) is 4.45. The molecule has 1 aliphatic rings. The van der Waals surface area contributed by atoms with Crippen molar-refractivity contribution in [3.05, 3.63) is 24.3 Å². The fraction of sp³-hybridized carbons (Fsp3) is 0.444. The number of methoxy groups -OCH3 is 1. The van der Waals surface area contributed by atoms with Crippen LogP contribution in [-0.4, -0.2) is 57.3 Å². The van der Waals surface area contributed by atoms with Crippen molar-refractivity contribution in [2.45, 2.75) is 13.8 Å². The van der Waals surface area contributed by atoms with Crippen LogP contribution in [0.3, 0.4) is 0 Å². The third-order valence-corrected chi connectivity index (χ3v) is 4.38. The zero-order chi connectivity index (χ0) is 19.1. The van der Waals surface area contributed by atoms with Crippen LogP contribution in [0, 0.1) is 5.92 Å². The van der Waals surface area contributed by atoms with Crippen molar-refractivity contribution >= 4 is 29.7 Å². The normalized spacial score (nSPS) is 17.9. The van der Waals surface area contributed by atoms with E-state index in [0.717, 1.165) is 24.5 Å². The molecule has 0 radical (unpaired) electrons. The van der Waals surface area contributed by atoms with Gasteiger partial charge in [0.05, 0.1) is 39.0 Å². The van der Waals surface area contributed by atoms with Gasteiger partial charge in [0, 0.05) is 6.21 Å². The number of nitrogens with one attached hydrogen (secondary N) is 2. The van der Waals surface area contributed by atoms with Gasteiger partial charge >= 0.3 is 6.03 Å². The van der Waals surface area contributed by atoms with Crippen LogP contribution in [0.25, 0.3) is 0 Å². The lowest BCUT2D eigenvalue weighted by Crippen LogP contribution is -3.11. The zero-order valence-corrected chi connectivity index (χ0v) is 15.3. The molecule has 8 nitrogen and oxygen atoms in total. The molecule has 1 aliphatic heterocycles. The number of hydrogen-bond donors (Lipinski definition) is 2. The van der Waals surface area contributed by atoms with E-state index in [0.29, 0.717) is 18.0 Å². The van der Waals surface area contributed by atoms with Crippen molar-refractivity contribution in [3.63, 3.8) is 0 Å². The lowest BCUT2D eigenvalue weighted by atomic mass is 10.1. The molecule has 1 aromatic carbocycles. The molecule has 0 saturated carbocycles. The van der Waals surface area contributed by atoms with Crippen LogP contribution in [-0.2, 0) is 9.59 Å². The number of carbonyl (C=O) groups excluding carboxylic acids is 3. The molecule has 0 spiro atoms. The monoisotopic (exact) mass is 361 g/mol. The molecule has 2 rings (SSSR count). The van der Waals surface area contributed by atoms with Gasteiger partial charge in [-0.25, -0.2) is 9.69 Å². The molecule has 0 bridgehead atoms. The Morgan fingerprint density at radius 3 is 2.42 bits per heavy atom. The molecule has 8 heteroatoms.